The molecule has 2 rings (SSSR count). The van der Waals surface area contributed by atoms with E-state index in [0.717, 1.165) is 25.7 Å². The first-order valence-electron chi connectivity index (χ1n) is 10.3. The SMILES string of the molecule is NS(=O)(=O)c1ccc(C(=O)NCCCCCCNC(=O)c2ccc(OCC#CBr)cc2)cc1. The van der Waals surface area contributed by atoms with Gasteiger partial charge in [0.1, 0.15) is 12.4 Å². The maximum Gasteiger partial charge on any atom is 0.251 e. The Morgan fingerprint density at radius 3 is 1.79 bits per heavy atom. The number of primary sulfonamides is 1. The lowest BCUT2D eigenvalue weighted by atomic mass is 10.1. The third-order valence-electron chi connectivity index (χ3n) is 4.61. The highest BCUT2D eigenvalue weighted by Gasteiger charge is 2.10. The molecule has 2 aromatic carbocycles. The van der Waals surface area contributed by atoms with Crippen LogP contribution in [0.2, 0.25) is 0 Å². The maximum absolute atomic E-state index is 12.2. The van der Waals surface area contributed by atoms with Crippen LogP contribution < -0.4 is 20.5 Å². The van der Waals surface area contributed by atoms with Crippen LogP contribution in [0.15, 0.2) is 53.4 Å². The third-order valence-corrected chi connectivity index (χ3v) is 5.82. The first-order valence-corrected chi connectivity index (χ1v) is 12.7. The van der Waals surface area contributed by atoms with Crippen molar-refractivity contribution in [2.75, 3.05) is 19.7 Å². The summed E-state index contributed by atoms with van der Waals surface area (Å²) < 4.78 is 27.9. The minimum absolute atomic E-state index is 0.0339. The zero-order valence-corrected chi connectivity index (χ0v) is 20.4. The summed E-state index contributed by atoms with van der Waals surface area (Å²) in [6.07, 6.45) is 3.46. The van der Waals surface area contributed by atoms with Crippen molar-refractivity contribution in [3.63, 3.8) is 0 Å². The lowest BCUT2D eigenvalue weighted by molar-refractivity contribution is 0.0943. The van der Waals surface area contributed by atoms with Gasteiger partial charge in [0.05, 0.1) is 4.90 Å². The monoisotopic (exact) mass is 535 g/mol. The molecule has 33 heavy (non-hydrogen) atoms. The Morgan fingerprint density at radius 2 is 1.33 bits per heavy atom. The molecule has 0 fully saturated rings. The molecule has 0 bridgehead atoms. The summed E-state index contributed by atoms with van der Waals surface area (Å²) in [5.74, 6) is 2.97. The van der Waals surface area contributed by atoms with Crippen LogP contribution in [-0.2, 0) is 10.0 Å². The van der Waals surface area contributed by atoms with Gasteiger partial charge >= 0.3 is 0 Å². The van der Waals surface area contributed by atoms with Gasteiger partial charge in [-0.15, -0.1) is 0 Å². The van der Waals surface area contributed by atoms with Crippen LogP contribution in [0.1, 0.15) is 46.4 Å². The van der Waals surface area contributed by atoms with E-state index in [9.17, 15) is 18.0 Å². The molecule has 2 amide bonds. The van der Waals surface area contributed by atoms with E-state index in [2.05, 4.69) is 37.3 Å². The Bertz CT molecular complexity index is 1090. The van der Waals surface area contributed by atoms with E-state index in [1.165, 1.54) is 24.3 Å². The van der Waals surface area contributed by atoms with Gasteiger partial charge in [0.25, 0.3) is 11.8 Å². The predicted molar refractivity (Wildman–Crippen MR) is 130 cm³/mol. The molecule has 0 saturated carbocycles. The number of amides is 2. The fraction of sp³-hybridized carbons (Fsp3) is 0.304. The summed E-state index contributed by atoms with van der Waals surface area (Å²) in [5, 5.41) is 10.7. The van der Waals surface area contributed by atoms with Gasteiger partial charge in [-0.3, -0.25) is 9.59 Å². The van der Waals surface area contributed by atoms with Gasteiger partial charge in [-0.25, -0.2) is 13.6 Å². The highest BCUT2D eigenvalue weighted by Crippen LogP contribution is 2.12. The Balaban J connectivity index is 1.57. The molecule has 0 aromatic heterocycles. The zero-order chi connectivity index (χ0) is 24.1. The Hall–Kier alpha value is -2.87. The number of carbonyl (C=O) groups excluding carboxylic acids is 2. The molecule has 0 aliphatic heterocycles. The van der Waals surface area contributed by atoms with Crippen molar-refractivity contribution in [1.82, 2.24) is 10.6 Å². The number of benzene rings is 2. The number of nitrogens with one attached hydrogen (secondary N) is 2. The van der Waals surface area contributed by atoms with Gasteiger partial charge in [-0.05, 0) is 72.1 Å². The number of unbranched alkanes of at least 4 members (excludes halogenated alkanes) is 3. The maximum atomic E-state index is 12.2. The summed E-state index contributed by atoms with van der Waals surface area (Å²) >= 11 is 2.99. The molecular weight excluding hydrogens is 510 g/mol. The largest absolute Gasteiger partial charge is 0.481 e. The topological polar surface area (TPSA) is 128 Å². The second-order valence-electron chi connectivity index (χ2n) is 7.08. The molecular formula is C23H26BrN3O5S. The number of halogens is 1. The molecule has 0 heterocycles. The second kappa shape index (κ2) is 13.6. The average molecular weight is 536 g/mol. The highest BCUT2D eigenvalue weighted by atomic mass is 79.9. The smallest absolute Gasteiger partial charge is 0.251 e. The number of rotatable bonds is 12. The van der Waals surface area contributed by atoms with Crippen LogP contribution in [0.3, 0.4) is 0 Å². The van der Waals surface area contributed by atoms with Crippen molar-refractivity contribution >= 4 is 37.8 Å². The van der Waals surface area contributed by atoms with Crippen molar-refractivity contribution in [3.05, 3.63) is 59.7 Å². The van der Waals surface area contributed by atoms with E-state index in [1.807, 2.05) is 0 Å². The predicted octanol–water partition coefficient (Wildman–Crippen LogP) is 2.79. The van der Waals surface area contributed by atoms with Crippen LogP contribution in [0, 0.1) is 10.8 Å². The van der Waals surface area contributed by atoms with E-state index in [-0.39, 0.29) is 23.3 Å². The van der Waals surface area contributed by atoms with Gasteiger partial charge in [0, 0.05) is 40.1 Å². The third kappa shape index (κ3) is 9.65. The zero-order valence-electron chi connectivity index (χ0n) is 18.0. The lowest BCUT2D eigenvalue weighted by Crippen LogP contribution is -2.25. The Kier molecular flexibility index (Phi) is 10.9. The molecule has 176 valence electrons. The fourth-order valence-electron chi connectivity index (χ4n) is 2.86. The highest BCUT2D eigenvalue weighted by molar-refractivity contribution is 9.12. The van der Waals surface area contributed by atoms with Crippen molar-refractivity contribution in [2.24, 2.45) is 5.14 Å². The molecule has 0 spiro atoms. The van der Waals surface area contributed by atoms with Gasteiger partial charge in [0.15, 0.2) is 0 Å². The number of ether oxygens (including phenoxy) is 1. The summed E-state index contributed by atoms with van der Waals surface area (Å²) in [6.45, 7) is 1.35. The molecule has 0 radical (unpaired) electrons. The van der Waals surface area contributed by atoms with Crippen LogP contribution in [0.4, 0.5) is 0 Å². The Morgan fingerprint density at radius 1 is 0.848 bits per heavy atom. The molecule has 2 aromatic rings. The fourth-order valence-corrected chi connectivity index (χ4v) is 3.49. The van der Waals surface area contributed by atoms with Gasteiger partial charge in [0.2, 0.25) is 10.0 Å². The van der Waals surface area contributed by atoms with Crippen LogP contribution in [0.25, 0.3) is 0 Å². The van der Waals surface area contributed by atoms with Crippen LogP contribution >= 0.6 is 15.9 Å². The molecule has 4 N–H and O–H groups in total. The summed E-state index contributed by atoms with van der Waals surface area (Å²) in [7, 11) is -3.77. The standard InChI is InChI=1S/C23H26BrN3O5S/c24-14-5-17-32-20-10-6-18(7-11-20)22(28)26-15-3-1-2-4-16-27-23(29)19-8-12-21(13-9-19)33(25,30)31/h6-13H,1-4,15-17H2,(H,26,28)(H,27,29)(H2,25,30,31). The van der Waals surface area contributed by atoms with Crippen molar-refractivity contribution in [2.45, 2.75) is 30.6 Å². The molecule has 0 unspecified atom stereocenters. The number of hydrogen-bond donors (Lipinski definition) is 3. The van der Waals surface area contributed by atoms with Crippen molar-refractivity contribution in [3.8, 4) is 16.5 Å². The van der Waals surface area contributed by atoms with E-state index in [0.29, 0.717) is 30.0 Å². The van der Waals surface area contributed by atoms with Gasteiger partial charge < -0.3 is 15.4 Å². The molecule has 10 heteroatoms. The molecule has 8 nitrogen and oxygen atoms in total. The lowest BCUT2D eigenvalue weighted by Gasteiger charge is -2.08. The summed E-state index contributed by atoms with van der Waals surface area (Å²) in [6, 6.07) is 12.3. The Labute approximate surface area is 202 Å². The van der Waals surface area contributed by atoms with Gasteiger partial charge in [-0.2, -0.15) is 0 Å². The van der Waals surface area contributed by atoms with E-state index in [4.69, 9.17) is 9.88 Å². The molecule has 0 aliphatic rings. The first kappa shape index (κ1) is 26.4. The summed E-state index contributed by atoms with van der Waals surface area (Å²) in [5.41, 5.74) is 0.936. The minimum atomic E-state index is -3.77. The molecule has 0 saturated heterocycles. The van der Waals surface area contributed by atoms with E-state index in [1.54, 1.807) is 24.3 Å². The molecule has 0 aliphatic carbocycles. The normalized spacial score (nSPS) is 10.6. The molecule has 0 atom stereocenters. The number of hydrogen-bond acceptors (Lipinski definition) is 5. The average Bonchev–Trinajstić information content (AvgIpc) is 2.80. The second-order valence-corrected chi connectivity index (χ2v) is 9.04. The van der Waals surface area contributed by atoms with E-state index >= 15 is 0 Å². The first-order chi connectivity index (χ1) is 15.8. The summed E-state index contributed by atoms with van der Waals surface area (Å²) in [4.78, 5) is 26.8. The van der Waals surface area contributed by atoms with Gasteiger partial charge in [-0.1, -0.05) is 12.8 Å². The van der Waals surface area contributed by atoms with Crippen LogP contribution in [-0.4, -0.2) is 39.9 Å². The number of nitrogens with two attached hydrogens (primary N) is 1. The van der Waals surface area contributed by atoms with E-state index < -0.39 is 10.0 Å². The quantitative estimate of drug-likeness (QED) is 0.284. The van der Waals surface area contributed by atoms with Crippen molar-refractivity contribution < 1.29 is 22.7 Å². The van der Waals surface area contributed by atoms with Crippen LogP contribution in [0.5, 0.6) is 5.75 Å². The van der Waals surface area contributed by atoms with Crippen molar-refractivity contribution in [1.29, 1.82) is 0 Å². The minimum Gasteiger partial charge on any atom is -0.481 e. The number of sulfonamides is 1. The number of carbonyl (C=O) groups is 2.